The Hall–Kier alpha value is -3.38. The van der Waals surface area contributed by atoms with E-state index in [0.717, 1.165) is 5.56 Å². The number of benzene rings is 2. The quantitative estimate of drug-likeness (QED) is 0.328. The first-order valence-electron chi connectivity index (χ1n) is 12.7. The van der Waals surface area contributed by atoms with E-state index in [-0.39, 0.29) is 31.2 Å². The Bertz CT molecular complexity index is 1320. The highest BCUT2D eigenvalue weighted by molar-refractivity contribution is 5.83. The summed E-state index contributed by atoms with van der Waals surface area (Å²) in [6, 6.07) is 12.3. The molecule has 3 heterocycles. The second-order valence-electron chi connectivity index (χ2n) is 10.2. The van der Waals surface area contributed by atoms with Crippen molar-refractivity contribution < 1.29 is 31.5 Å². The molecule has 12 heteroatoms. The molecule has 2 saturated heterocycles. The molecule has 0 aliphatic carbocycles. The summed E-state index contributed by atoms with van der Waals surface area (Å²) >= 11 is 0. The van der Waals surface area contributed by atoms with E-state index < -0.39 is 48.4 Å². The molecular weight excluding hydrogens is 521 g/mol. The fourth-order valence-corrected chi connectivity index (χ4v) is 5.12. The van der Waals surface area contributed by atoms with Gasteiger partial charge in [-0.05, 0) is 28.7 Å². The predicted octanol–water partition coefficient (Wildman–Crippen LogP) is 4.60. The van der Waals surface area contributed by atoms with Crippen LogP contribution in [0.2, 0.25) is 0 Å². The Labute approximate surface area is 221 Å². The second kappa shape index (κ2) is 10.6. The first-order chi connectivity index (χ1) is 18.5. The lowest BCUT2D eigenvalue weighted by Crippen LogP contribution is -2.46. The van der Waals surface area contributed by atoms with Gasteiger partial charge in [0.15, 0.2) is 5.69 Å². The van der Waals surface area contributed by atoms with Crippen molar-refractivity contribution >= 4 is 5.91 Å². The number of rotatable bonds is 8. The summed E-state index contributed by atoms with van der Waals surface area (Å²) in [4.78, 5) is 15.0. The number of alkyl halides is 4. The Morgan fingerprint density at radius 2 is 1.90 bits per heavy atom. The Balaban J connectivity index is 1.33. The minimum absolute atomic E-state index is 0.0198. The van der Waals surface area contributed by atoms with Crippen molar-refractivity contribution in [2.45, 2.75) is 69.5 Å². The number of epoxide rings is 1. The summed E-state index contributed by atoms with van der Waals surface area (Å²) in [6.07, 6.45) is -6.88. The lowest BCUT2D eigenvalue weighted by atomic mass is 9.94. The van der Waals surface area contributed by atoms with E-state index in [0.29, 0.717) is 22.0 Å². The van der Waals surface area contributed by atoms with Gasteiger partial charge in [-0.1, -0.05) is 61.5 Å². The zero-order valence-electron chi connectivity index (χ0n) is 21.3. The van der Waals surface area contributed by atoms with Crippen LogP contribution in [0.25, 0.3) is 0 Å². The minimum Gasteiger partial charge on any atom is -0.351 e. The summed E-state index contributed by atoms with van der Waals surface area (Å²) in [6.45, 7) is 3.43. The molecule has 1 amide bonds. The molecule has 2 aromatic carbocycles. The SMILES string of the molecule is CC(C)c1ccc([C@@H](NC(=O)[C@@H]2C[C@@H](F)CN2C2OC2Cn2nncc2C(F)(F)F)c2ccccc2)cc1F. The standard InChI is InChI=1S/C27H28F5N5O2/c1-15(2)19-9-8-17(10-20(19)29)24(16-6-4-3-5-7-16)34-25(38)21-11-18(28)13-36(21)26-22(39-26)14-37-23(12-33-35-37)27(30,31)32/h3-10,12,15,18,21-22,24,26H,11,13-14H2,1-2H3,(H,34,38)/t18-,21+,22?,24+,26?/m1/s1. The fraction of sp³-hybridized carbons (Fsp3) is 0.444. The van der Waals surface area contributed by atoms with Gasteiger partial charge in [-0.3, -0.25) is 9.69 Å². The molecule has 0 spiro atoms. The van der Waals surface area contributed by atoms with Crippen molar-refractivity contribution in [2.24, 2.45) is 0 Å². The average Bonchev–Trinajstić information content (AvgIpc) is 3.27. The van der Waals surface area contributed by atoms with Crippen molar-refractivity contribution in [2.75, 3.05) is 6.54 Å². The van der Waals surface area contributed by atoms with Crippen LogP contribution in [0.1, 0.15) is 54.6 Å². The Morgan fingerprint density at radius 3 is 2.56 bits per heavy atom. The molecule has 7 nitrogen and oxygen atoms in total. The number of hydrogen-bond donors (Lipinski definition) is 1. The smallest absolute Gasteiger partial charge is 0.351 e. The van der Waals surface area contributed by atoms with Crippen molar-refractivity contribution in [1.82, 2.24) is 25.2 Å². The average molecular weight is 550 g/mol. The topological polar surface area (TPSA) is 75.6 Å². The number of carbonyl (C=O) groups excluding carboxylic acids is 1. The highest BCUT2D eigenvalue weighted by atomic mass is 19.4. The summed E-state index contributed by atoms with van der Waals surface area (Å²) in [5.41, 5.74) is 0.786. The predicted molar refractivity (Wildman–Crippen MR) is 131 cm³/mol. The third-order valence-electron chi connectivity index (χ3n) is 7.13. The van der Waals surface area contributed by atoms with Crippen LogP contribution < -0.4 is 5.32 Å². The third kappa shape index (κ3) is 5.81. The number of amides is 1. The highest BCUT2D eigenvalue weighted by Crippen LogP contribution is 2.37. The van der Waals surface area contributed by atoms with Crippen LogP contribution in [-0.2, 0) is 22.3 Å². The van der Waals surface area contributed by atoms with E-state index in [1.54, 1.807) is 36.4 Å². The normalized spacial score (nSPS) is 24.2. The van der Waals surface area contributed by atoms with E-state index in [1.807, 2.05) is 19.9 Å². The minimum atomic E-state index is -4.63. The van der Waals surface area contributed by atoms with Gasteiger partial charge >= 0.3 is 6.18 Å². The molecule has 2 aliphatic heterocycles. The molecule has 0 radical (unpaired) electrons. The van der Waals surface area contributed by atoms with Crippen molar-refractivity contribution in [3.63, 3.8) is 0 Å². The molecule has 39 heavy (non-hydrogen) atoms. The lowest BCUT2D eigenvalue weighted by Gasteiger charge is -2.26. The van der Waals surface area contributed by atoms with E-state index in [4.69, 9.17) is 4.74 Å². The lowest BCUT2D eigenvalue weighted by molar-refractivity contribution is -0.144. The van der Waals surface area contributed by atoms with Gasteiger partial charge in [0.2, 0.25) is 5.91 Å². The maximum atomic E-state index is 14.9. The number of hydrogen-bond acceptors (Lipinski definition) is 5. The van der Waals surface area contributed by atoms with E-state index >= 15 is 0 Å². The van der Waals surface area contributed by atoms with Crippen LogP contribution in [0, 0.1) is 5.82 Å². The van der Waals surface area contributed by atoms with Crippen LogP contribution >= 0.6 is 0 Å². The molecular formula is C27H28F5N5O2. The van der Waals surface area contributed by atoms with Crippen LogP contribution in [-0.4, -0.2) is 56.9 Å². The van der Waals surface area contributed by atoms with E-state index in [9.17, 15) is 26.7 Å². The summed E-state index contributed by atoms with van der Waals surface area (Å²) < 4.78 is 75.2. The number of halogens is 5. The van der Waals surface area contributed by atoms with Gasteiger partial charge in [-0.15, -0.1) is 5.10 Å². The summed E-state index contributed by atoms with van der Waals surface area (Å²) in [7, 11) is 0. The largest absolute Gasteiger partial charge is 0.434 e. The first-order valence-corrected chi connectivity index (χ1v) is 12.7. The molecule has 3 aromatic rings. The molecule has 5 rings (SSSR count). The fourth-order valence-electron chi connectivity index (χ4n) is 5.12. The van der Waals surface area contributed by atoms with Crippen LogP contribution in [0.5, 0.6) is 0 Å². The second-order valence-corrected chi connectivity index (χ2v) is 10.2. The Kier molecular flexibility index (Phi) is 7.43. The summed E-state index contributed by atoms with van der Waals surface area (Å²) in [5, 5.41) is 9.76. The molecule has 2 aliphatic rings. The zero-order chi connectivity index (χ0) is 27.9. The van der Waals surface area contributed by atoms with Crippen LogP contribution in [0.15, 0.2) is 54.7 Å². The molecule has 2 fully saturated rings. The molecule has 5 atom stereocenters. The van der Waals surface area contributed by atoms with Crippen molar-refractivity contribution in [3.05, 3.63) is 82.9 Å². The molecule has 0 bridgehead atoms. The third-order valence-corrected chi connectivity index (χ3v) is 7.13. The Morgan fingerprint density at radius 1 is 1.15 bits per heavy atom. The number of likely N-dealkylation sites (tertiary alicyclic amines) is 1. The van der Waals surface area contributed by atoms with Gasteiger partial charge in [0.25, 0.3) is 0 Å². The molecule has 1 aromatic heterocycles. The molecule has 2 unspecified atom stereocenters. The van der Waals surface area contributed by atoms with E-state index in [2.05, 4.69) is 15.6 Å². The number of carbonyl (C=O) groups is 1. The monoisotopic (exact) mass is 549 g/mol. The number of ether oxygens (including phenoxy) is 1. The van der Waals surface area contributed by atoms with Gasteiger partial charge in [0, 0.05) is 13.0 Å². The summed E-state index contributed by atoms with van der Waals surface area (Å²) in [5.74, 6) is -0.888. The first kappa shape index (κ1) is 27.2. The maximum Gasteiger partial charge on any atom is 0.434 e. The zero-order valence-corrected chi connectivity index (χ0v) is 21.3. The van der Waals surface area contributed by atoms with E-state index in [1.165, 1.54) is 11.0 Å². The van der Waals surface area contributed by atoms with Gasteiger partial charge in [0.1, 0.15) is 24.3 Å². The van der Waals surface area contributed by atoms with Crippen LogP contribution in [0.3, 0.4) is 0 Å². The maximum absolute atomic E-state index is 14.9. The molecule has 0 saturated carbocycles. The van der Waals surface area contributed by atoms with Crippen molar-refractivity contribution in [3.8, 4) is 0 Å². The van der Waals surface area contributed by atoms with Crippen molar-refractivity contribution in [1.29, 1.82) is 0 Å². The number of nitrogens with one attached hydrogen (secondary N) is 1. The number of aromatic nitrogens is 3. The molecule has 208 valence electrons. The van der Waals surface area contributed by atoms with Gasteiger partial charge in [0.05, 0.1) is 24.8 Å². The van der Waals surface area contributed by atoms with Gasteiger partial charge in [-0.25, -0.2) is 13.5 Å². The highest BCUT2D eigenvalue weighted by Gasteiger charge is 2.52. The number of nitrogens with zero attached hydrogens (tertiary/aromatic N) is 4. The van der Waals surface area contributed by atoms with Gasteiger partial charge in [-0.2, -0.15) is 13.2 Å². The van der Waals surface area contributed by atoms with Gasteiger partial charge < -0.3 is 10.1 Å². The molecule has 1 N–H and O–H groups in total. The van der Waals surface area contributed by atoms with Crippen LogP contribution in [0.4, 0.5) is 22.0 Å².